The van der Waals surface area contributed by atoms with Crippen LogP contribution in [-0.2, 0) is 0 Å². The lowest BCUT2D eigenvalue weighted by Crippen LogP contribution is -2.41. The smallest absolute Gasteiger partial charge is 0.200 e. The van der Waals surface area contributed by atoms with E-state index in [0.29, 0.717) is 0 Å². The summed E-state index contributed by atoms with van der Waals surface area (Å²) in [6, 6.07) is 0. The molecular weight excluding hydrogens is 377 g/mol. The number of rotatable bonds is 9. The van der Waals surface area contributed by atoms with Crippen molar-refractivity contribution in [2.75, 3.05) is 26.7 Å². The van der Waals surface area contributed by atoms with Crippen LogP contribution in [0.15, 0.2) is 0 Å². The van der Waals surface area contributed by atoms with Crippen LogP contribution in [0.3, 0.4) is 0 Å². The number of hydrogen-bond acceptors (Lipinski definition) is 1. The fraction of sp³-hybridized carbons (Fsp3) is 0.714. The van der Waals surface area contributed by atoms with E-state index in [1.165, 1.54) is 88.3 Å². The Kier molecular flexibility index (Phi) is 10.8. The van der Waals surface area contributed by atoms with Crippen molar-refractivity contribution in [1.82, 2.24) is 0 Å². The number of likely N-dealkylation sites (tertiary alicyclic amines) is 1. The molecule has 0 atom stereocenters. The van der Waals surface area contributed by atoms with E-state index in [0.717, 1.165) is 0 Å². The van der Waals surface area contributed by atoms with Crippen LogP contribution < -0.4 is 5.11 Å². The first-order chi connectivity index (χ1) is 13.2. The van der Waals surface area contributed by atoms with Crippen LogP contribution in [0.4, 0.5) is 22.0 Å². The monoisotopic (exact) mass is 409 g/mol. The molecule has 0 spiro atoms. The zero-order chi connectivity index (χ0) is 21.2. The summed E-state index contributed by atoms with van der Waals surface area (Å²) in [7, 11) is 2.45. The van der Waals surface area contributed by atoms with Gasteiger partial charge in [-0.1, -0.05) is 45.4 Å². The number of hydrogen-bond donors (Lipinski definition) is 0. The van der Waals surface area contributed by atoms with Crippen LogP contribution in [0, 0.1) is 29.1 Å². The molecule has 0 amide bonds. The molecular formula is C21H32F5NO. The molecule has 1 heterocycles. The Bertz CT molecular complexity index is 498. The molecule has 7 heteroatoms. The Morgan fingerprint density at radius 2 is 1.07 bits per heavy atom. The zero-order valence-corrected chi connectivity index (χ0v) is 16.9. The van der Waals surface area contributed by atoms with Crippen molar-refractivity contribution in [3.05, 3.63) is 29.1 Å². The average molecular weight is 409 g/mol. The summed E-state index contributed by atoms with van der Waals surface area (Å²) in [5.41, 5.74) is 0. The van der Waals surface area contributed by atoms with Crippen molar-refractivity contribution in [1.29, 1.82) is 0 Å². The van der Waals surface area contributed by atoms with Crippen LogP contribution >= 0.6 is 0 Å². The third-order valence-corrected chi connectivity index (χ3v) is 5.37. The Labute approximate surface area is 164 Å². The molecule has 1 aliphatic heterocycles. The van der Waals surface area contributed by atoms with Crippen LogP contribution in [0.5, 0.6) is 5.75 Å². The Balaban J connectivity index is 0.000000292. The van der Waals surface area contributed by atoms with Gasteiger partial charge < -0.3 is 9.59 Å². The molecule has 1 fully saturated rings. The molecule has 0 aromatic heterocycles. The number of quaternary nitrogens is 1. The van der Waals surface area contributed by atoms with Gasteiger partial charge in [-0.15, -0.1) is 0 Å². The van der Waals surface area contributed by atoms with E-state index >= 15 is 0 Å². The van der Waals surface area contributed by atoms with Crippen molar-refractivity contribution in [2.24, 2.45) is 0 Å². The van der Waals surface area contributed by atoms with E-state index in [1.54, 1.807) is 0 Å². The van der Waals surface area contributed by atoms with Crippen LogP contribution in [0.2, 0.25) is 0 Å². The van der Waals surface area contributed by atoms with Crippen molar-refractivity contribution < 1.29 is 31.5 Å². The lowest BCUT2D eigenvalue weighted by atomic mass is 10.1. The van der Waals surface area contributed by atoms with Gasteiger partial charge in [-0.25, -0.2) is 22.0 Å². The fourth-order valence-electron chi connectivity index (χ4n) is 3.53. The maximum Gasteiger partial charge on any atom is 0.200 e. The molecule has 0 saturated carbocycles. The maximum atomic E-state index is 12.1. The molecule has 1 aromatic carbocycles. The first kappa shape index (κ1) is 24.7. The highest BCUT2D eigenvalue weighted by Gasteiger charge is 2.25. The van der Waals surface area contributed by atoms with Crippen LogP contribution in [0.1, 0.15) is 71.1 Å². The van der Waals surface area contributed by atoms with Gasteiger partial charge in [0.1, 0.15) is 0 Å². The van der Waals surface area contributed by atoms with Gasteiger partial charge in [0, 0.05) is 12.8 Å². The van der Waals surface area contributed by atoms with Crippen LogP contribution in [0.25, 0.3) is 0 Å². The summed E-state index contributed by atoms with van der Waals surface area (Å²) in [6.07, 6.45) is 14.6. The van der Waals surface area contributed by atoms with Gasteiger partial charge >= 0.3 is 0 Å². The second-order valence-electron chi connectivity index (χ2n) is 7.87. The Morgan fingerprint density at radius 1 is 0.679 bits per heavy atom. The van der Waals surface area contributed by atoms with E-state index in [2.05, 4.69) is 14.0 Å². The van der Waals surface area contributed by atoms with E-state index in [1.807, 2.05) is 0 Å². The Hall–Kier alpha value is -1.37. The molecule has 0 radical (unpaired) electrons. The number of halogens is 5. The number of unbranched alkanes of at least 4 members (excludes halogenated alkanes) is 7. The van der Waals surface area contributed by atoms with Crippen molar-refractivity contribution in [3.8, 4) is 5.75 Å². The predicted molar refractivity (Wildman–Crippen MR) is 98.3 cm³/mol. The number of benzene rings is 1. The Morgan fingerprint density at radius 3 is 1.54 bits per heavy atom. The summed E-state index contributed by atoms with van der Waals surface area (Å²) in [5, 5.41) is 10.2. The summed E-state index contributed by atoms with van der Waals surface area (Å²) < 4.78 is 61.8. The normalized spacial score (nSPS) is 15.4. The highest BCUT2D eigenvalue weighted by Crippen LogP contribution is 2.25. The second kappa shape index (κ2) is 12.2. The molecule has 28 heavy (non-hydrogen) atoms. The molecule has 2 nitrogen and oxygen atoms in total. The topological polar surface area (TPSA) is 23.1 Å². The average Bonchev–Trinajstić information content (AvgIpc) is 3.12. The molecule has 0 aliphatic carbocycles. The second-order valence-corrected chi connectivity index (χ2v) is 7.87. The quantitative estimate of drug-likeness (QED) is 0.166. The minimum absolute atomic E-state index is 1.37. The molecule has 162 valence electrons. The highest BCUT2D eigenvalue weighted by molar-refractivity contribution is 5.26. The minimum atomic E-state index is -2.33. The highest BCUT2D eigenvalue weighted by atomic mass is 19.2. The summed E-state index contributed by atoms with van der Waals surface area (Å²) in [5.74, 6) is -13.6. The molecule has 1 aliphatic rings. The van der Waals surface area contributed by atoms with Gasteiger partial charge in [0.15, 0.2) is 29.1 Å². The van der Waals surface area contributed by atoms with Gasteiger partial charge in [0.25, 0.3) is 0 Å². The SMILES string of the molecule is CCCCCCCCCC[N+]1(C)CCCC1.[O-]c1c(F)c(F)c(F)c(F)c1F. The van der Waals surface area contributed by atoms with Gasteiger partial charge in [-0.2, -0.15) is 0 Å². The van der Waals surface area contributed by atoms with Gasteiger partial charge in [0.05, 0.1) is 26.7 Å². The third kappa shape index (κ3) is 7.57. The third-order valence-electron chi connectivity index (χ3n) is 5.37. The van der Waals surface area contributed by atoms with Gasteiger partial charge in [0.2, 0.25) is 0 Å². The van der Waals surface area contributed by atoms with Crippen molar-refractivity contribution >= 4 is 0 Å². The first-order valence-electron chi connectivity index (χ1n) is 10.3. The summed E-state index contributed by atoms with van der Waals surface area (Å²) >= 11 is 0. The lowest BCUT2D eigenvalue weighted by Gasteiger charge is -2.29. The molecule has 0 bridgehead atoms. The van der Waals surface area contributed by atoms with Crippen molar-refractivity contribution in [3.63, 3.8) is 0 Å². The standard InChI is InChI=1S/C15H32N.C6HF5O/c1-3-4-5-6-7-8-9-10-13-16(2)14-11-12-15-16;7-1-2(8)4(10)6(12)5(11)3(1)9/h3-15H2,1-2H3;12H/q+1;/p-1. The van der Waals surface area contributed by atoms with E-state index in [4.69, 9.17) is 0 Å². The molecule has 1 aromatic rings. The van der Waals surface area contributed by atoms with E-state index in [-0.39, 0.29) is 0 Å². The lowest BCUT2D eigenvalue weighted by molar-refractivity contribution is -0.897. The van der Waals surface area contributed by atoms with Gasteiger partial charge in [-0.3, -0.25) is 0 Å². The summed E-state index contributed by atoms with van der Waals surface area (Å²) in [4.78, 5) is 0. The van der Waals surface area contributed by atoms with E-state index in [9.17, 15) is 27.1 Å². The van der Waals surface area contributed by atoms with E-state index < -0.39 is 34.8 Å². The molecule has 0 unspecified atom stereocenters. The predicted octanol–water partition coefficient (Wildman–Crippen LogP) is 5.82. The largest absolute Gasteiger partial charge is 0.868 e. The zero-order valence-electron chi connectivity index (χ0n) is 16.9. The van der Waals surface area contributed by atoms with Crippen molar-refractivity contribution in [2.45, 2.75) is 71.1 Å². The minimum Gasteiger partial charge on any atom is -0.868 e. The number of nitrogens with zero attached hydrogens (tertiary/aromatic N) is 1. The van der Waals surface area contributed by atoms with Crippen LogP contribution in [-0.4, -0.2) is 31.2 Å². The molecule has 2 rings (SSSR count). The fourth-order valence-corrected chi connectivity index (χ4v) is 3.53. The molecule has 1 saturated heterocycles. The summed E-state index contributed by atoms with van der Waals surface area (Å²) in [6.45, 7) is 6.61. The first-order valence-corrected chi connectivity index (χ1v) is 10.3. The molecule has 0 N–H and O–H groups in total. The maximum absolute atomic E-state index is 12.1. The van der Waals surface area contributed by atoms with Gasteiger partial charge in [-0.05, 0) is 18.6 Å².